The lowest BCUT2D eigenvalue weighted by molar-refractivity contribution is 0.0793. The van der Waals surface area contributed by atoms with Gasteiger partial charge < -0.3 is 10.0 Å². The van der Waals surface area contributed by atoms with Crippen molar-refractivity contribution in [3.05, 3.63) is 48.0 Å². The summed E-state index contributed by atoms with van der Waals surface area (Å²) < 4.78 is 0.966. The van der Waals surface area contributed by atoms with Crippen LogP contribution in [-0.2, 0) is 0 Å². The van der Waals surface area contributed by atoms with Crippen molar-refractivity contribution in [2.24, 2.45) is 0 Å². The van der Waals surface area contributed by atoms with Crippen molar-refractivity contribution in [3.63, 3.8) is 0 Å². The van der Waals surface area contributed by atoms with Crippen molar-refractivity contribution >= 4 is 27.5 Å². The van der Waals surface area contributed by atoms with Gasteiger partial charge in [0.15, 0.2) is 0 Å². The second-order valence-electron chi connectivity index (χ2n) is 5.72. The van der Waals surface area contributed by atoms with Crippen LogP contribution in [0.25, 0.3) is 20.8 Å². The molecule has 0 saturated carbocycles. The molecule has 1 aromatic heterocycles. The number of aromatic nitrogens is 1. The summed E-state index contributed by atoms with van der Waals surface area (Å²) in [6, 6.07) is 12.8. The Labute approximate surface area is 138 Å². The van der Waals surface area contributed by atoms with E-state index in [1.807, 2.05) is 35.2 Å². The van der Waals surface area contributed by atoms with E-state index in [4.69, 9.17) is 0 Å². The first-order chi connectivity index (χ1) is 11.2. The molecule has 1 aliphatic rings. The van der Waals surface area contributed by atoms with Gasteiger partial charge in [0.1, 0.15) is 10.8 Å². The molecule has 4 nitrogen and oxygen atoms in total. The van der Waals surface area contributed by atoms with E-state index in [1.165, 1.54) is 11.3 Å². The zero-order valence-corrected chi connectivity index (χ0v) is 13.3. The number of hydrogen-bond donors (Lipinski definition) is 1. The van der Waals surface area contributed by atoms with Crippen LogP contribution in [0, 0.1) is 0 Å². The lowest BCUT2D eigenvalue weighted by Gasteiger charge is -2.14. The first-order valence-corrected chi connectivity index (χ1v) is 8.52. The van der Waals surface area contributed by atoms with Gasteiger partial charge in [0.05, 0.1) is 15.8 Å². The van der Waals surface area contributed by atoms with Crippen LogP contribution in [0.15, 0.2) is 42.5 Å². The Kier molecular flexibility index (Phi) is 3.50. The molecular weight excluding hydrogens is 308 g/mol. The Morgan fingerprint density at radius 1 is 1.13 bits per heavy atom. The summed E-state index contributed by atoms with van der Waals surface area (Å²) in [6.07, 6.45) is 2.18. The maximum Gasteiger partial charge on any atom is 0.253 e. The molecule has 4 rings (SSSR count). The fourth-order valence-electron chi connectivity index (χ4n) is 2.93. The number of carbonyl (C=O) groups is 1. The van der Waals surface area contributed by atoms with Crippen LogP contribution in [-0.4, -0.2) is 34.0 Å². The second kappa shape index (κ2) is 5.66. The van der Waals surface area contributed by atoms with Crippen molar-refractivity contribution in [2.75, 3.05) is 13.1 Å². The molecule has 1 fully saturated rings. The molecule has 5 heteroatoms. The summed E-state index contributed by atoms with van der Waals surface area (Å²) in [6.45, 7) is 1.70. The lowest BCUT2D eigenvalue weighted by Crippen LogP contribution is -2.27. The van der Waals surface area contributed by atoms with Crippen molar-refractivity contribution in [1.82, 2.24) is 9.88 Å². The van der Waals surface area contributed by atoms with Crippen molar-refractivity contribution < 1.29 is 9.90 Å². The van der Waals surface area contributed by atoms with Crippen LogP contribution in [0.5, 0.6) is 5.75 Å². The number of amides is 1. The maximum atomic E-state index is 12.5. The average molecular weight is 324 g/mol. The summed E-state index contributed by atoms with van der Waals surface area (Å²) >= 11 is 1.50. The zero-order chi connectivity index (χ0) is 15.8. The highest BCUT2D eigenvalue weighted by Gasteiger charge is 2.20. The Bertz CT molecular complexity index is 882. The molecule has 0 unspecified atom stereocenters. The van der Waals surface area contributed by atoms with Crippen LogP contribution >= 0.6 is 11.3 Å². The minimum Gasteiger partial charge on any atom is -0.507 e. The molecule has 116 valence electrons. The molecule has 1 aliphatic heterocycles. The predicted molar refractivity (Wildman–Crippen MR) is 91.9 cm³/mol. The number of likely N-dealkylation sites (tertiary alicyclic amines) is 1. The summed E-state index contributed by atoms with van der Waals surface area (Å²) in [5, 5.41) is 10.7. The normalized spacial score (nSPS) is 14.5. The fourth-order valence-corrected chi connectivity index (χ4v) is 3.97. The zero-order valence-electron chi connectivity index (χ0n) is 12.5. The summed E-state index contributed by atoms with van der Waals surface area (Å²) in [7, 11) is 0. The average Bonchev–Trinajstić information content (AvgIpc) is 3.23. The van der Waals surface area contributed by atoms with E-state index in [0.29, 0.717) is 5.56 Å². The largest absolute Gasteiger partial charge is 0.507 e. The van der Waals surface area contributed by atoms with Crippen molar-refractivity contribution in [1.29, 1.82) is 0 Å². The Morgan fingerprint density at radius 2 is 1.91 bits per heavy atom. The number of nitrogens with zero attached hydrogens (tertiary/aromatic N) is 2. The van der Waals surface area contributed by atoms with E-state index in [-0.39, 0.29) is 11.7 Å². The van der Waals surface area contributed by atoms with Gasteiger partial charge in [-0.2, -0.15) is 0 Å². The minimum atomic E-state index is 0.0990. The Balaban J connectivity index is 1.72. The smallest absolute Gasteiger partial charge is 0.253 e. The number of aromatic hydroxyl groups is 1. The number of hydrogen-bond acceptors (Lipinski definition) is 4. The van der Waals surface area contributed by atoms with Gasteiger partial charge in [-0.1, -0.05) is 12.1 Å². The van der Waals surface area contributed by atoms with Crippen LogP contribution in [0.2, 0.25) is 0 Å². The third kappa shape index (κ3) is 2.57. The number of phenols is 1. The van der Waals surface area contributed by atoms with E-state index in [2.05, 4.69) is 4.98 Å². The minimum absolute atomic E-state index is 0.0990. The van der Waals surface area contributed by atoms with Gasteiger partial charge in [-0.15, -0.1) is 11.3 Å². The van der Waals surface area contributed by atoms with Crippen molar-refractivity contribution in [2.45, 2.75) is 12.8 Å². The third-order valence-electron chi connectivity index (χ3n) is 4.16. The second-order valence-corrected chi connectivity index (χ2v) is 6.75. The van der Waals surface area contributed by atoms with Crippen LogP contribution in [0.3, 0.4) is 0 Å². The van der Waals surface area contributed by atoms with E-state index >= 15 is 0 Å². The number of rotatable bonds is 2. The van der Waals surface area contributed by atoms with Gasteiger partial charge in [0, 0.05) is 18.7 Å². The van der Waals surface area contributed by atoms with E-state index in [9.17, 15) is 9.90 Å². The van der Waals surface area contributed by atoms with Crippen LogP contribution < -0.4 is 0 Å². The third-order valence-corrected chi connectivity index (χ3v) is 5.21. The lowest BCUT2D eigenvalue weighted by atomic mass is 10.2. The number of carbonyl (C=O) groups excluding carboxylic acids is 1. The van der Waals surface area contributed by atoms with Gasteiger partial charge in [-0.25, -0.2) is 4.98 Å². The van der Waals surface area contributed by atoms with Gasteiger partial charge in [0.25, 0.3) is 5.91 Å². The summed E-state index contributed by atoms with van der Waals surface area (Å²) in [5.41, 5.74) is 2.29. The van der Waals surface area contributed by atoms with Gasteiger partial charge in [-0.3, -0.25) is 4.79 Å². The summed E-state index contributed by atoms with van der Waals surface area (Å²) in [5.74, 6) is 0.321. The number of thiazole rings is 1. The molecule has 3 aromatic rings. The highest BCUT2D eigenvalue weighted by atomic mass is 32.1. The molecule has 0 bridgehead atoms. The molecule has 2 heterocycles. The molecule has 23 heavy (non-hydrogen) atoms. The molecule has 1 saturated heterocycles. The molecule has 0 aliphatic carbocycles. The van der Waals surface area contributed by atoms with E-state index in [0.717, 1.165) is 46.7 Å². The monoisotopic (exact) mass is 324 g/mol. The summed E-state index contributed by atoms with van der Waals surface area (Å²) in [4.78, 5) is 19.0. The molecule has 0 radical (unpaired) electrons. The highest BCUT2D eigenvalue weighted by Crippen LogP contribution is 2.35. The van der Waals surface area contributed by atoms with Crippen molar-refractivity contribution in [3.8, 4) is 16.3 Å². The Hall–Kier alpha value is -2.40. The van der Waals surface area contributed by atoms with Gasteiger partial charge in [0.2, 0.25) is 0 Å². The fraction of sp³-hybridized carbons (Fsp3) is 0.222. The molecular formula is C18H16N2O2S. The number of benzene rings is 2. The molecule has 1 N–H and O–H groups in total. The van der Waals surface area contributed by atoms with Gasteiger partial charge in [-0.05, 0) is 43.2 Å². The SMILES string of the molecule is O=C(c1ccc2nc(-c3ccccc3O)sc2c1)N1CCCC1. The first kappa shape index (κ1) is 14.2. The Morgan fingerprint density at radius 3 is 2.70 bits per heavy atom. The quantitative estimate of drug-likeness (QED) is 0.778. The van der Waals surface area contributed by atoms with E-state index in [1.54, 1.807) is 12.1 Å². The number of fused-ring (bicyclic) bond motifs is 1. The van der Waals surface area contributed by atoms with Crippen LogP contribution in [0.4, 0.5) is 0 Å². The van der Waals surface area contributed by atoms with Gasteiger partial charge >= 0.3 is 0 Å². The molecule has 0 atom stereocenters. The van der Waals surface area contributed by atoms with Crippen LogP contribution in [0.1, 0.15) is 23.2 Å². The highest BCUT2D eigenvalue weighted by molar-refractivity contribution is 7.21. The maximum absolute atomic E-state index is 12.5. The number of para-hydroxylation sites is 1. The molecule has 1 amide bonds. The van der Waals surface area contributed by atoms with E-state index < -0.39 is 0 Å². The predicted octanol–water partition coefficient (Wildman–Crippen LogP) is 3.90. The standard InChI is InChI=1S/C18H16N2O2S/c21-15-6-2-1-5-13(15)17-19-14-8-7-12(11-16(14)23-17)18(22)20-9-3-4-10-20/h1-2,5-8,11,21H,3-4,9-10H2. The number of phenolic OH excluding ortho intramolecular Hbond substituents is 1. The first-order valence-electron chi connectivity index (χ1n) is 7.70. The molecule has 2 aromatic carbocycles. The topological polar surface area (TPSA) is 53.4 Å². The molecule has 0 spiro atoms.